The second kappa shape index (κ2) is 5.07. The van der Waals surface area contributed by atoms with E-state index >= 15 is 0 Å². The number of ether oxygens (including phenoxy) is 1. The molecule has 0 aromatic rings. The Morgan fingerprint density at radius 2 is 2.31 bits per heavy atom. The van der Waals surface area contributed by atoms with Gasteiger partial charge in [0.15, 0.2) is 0 Å². The largest absolute Gasteiger partial charge is 0.506 e. The zero-order valence-electron chi connectivity index (χ0n) is 7.74. The third-order valence-electron chi connectivity index (χ3n) is 2.58. The summed E-state index contributed by atoms with van der Waals surface area (Å²) in [6.07, 6.45) is 3.68. The van der Waals surface area contributed by atoms with E-state index in [1.165, 1.54) is 0 Å². The molecule has 0 heterocycles. The summed E-state index contributed by atoms with van der Waals surface area (Å²) < 4.78 is 4.74. The van der Waals surface area contributed by atoms with Crippen molar-refractivity contribution in [2.45, 2.75) is 38.2 Å². The number of hydrogen-bond acceptors (Lipinski definition) is 3. The Morgan fingerprint density at radius 3 is 2.92 bits per heavy atom. The highest BCUT2D eigenvalue weighted by Crippen LogP contribution is 2.28. The maximum Gasteiger partial charge on any atom is 0.506 e. The molecule has 76 valence electrons. The predicted molar refractivity (Wildman–Crippen MR) is 48.5 cm³/mol. The standard InChI is InChI=1S/C9H17NO3/c10-5-4-7-2-1-3-8(6-7)13-9(11)12/h7-8H,1-6,10H2,(H,11,12)/t7-,8+/m0/s1. The summed E-state index contributed by atoms with van der Waals surface area (Å²) in [6.45, 7) is 0.685. The van der Waals surface area contributed by atoms with E-state index in [-0.39, 0.29) is 6.10 Å². The zero-order valence-corrected chi connectivity index (χ0v) is 7.74. The van der Waals surface area contributed by atoms with Crippen molar-refractivity contribution in [3.63, 3.8) is 0 Å². The lowest BCUT2D eigenvalue weighted by Gasteiger charge is -2.27. The molecule has 2 atom stereocenters. The second-order valence-corrected chi connectivity index (χ2v) is 3.62. The molecular weight excluding hydrogens is 170 g/mol. The first kappa shape index (κ1) is 10.3. The van der Waals surface area contributed by atoms with Crippen LogP contribution in [0.4, 0.5) is 4.79 Å². The van der Waals surface area contributed by atoms with Crippen LogP contribution >= 0.6 is 0 Å². The fourth-order valence-corrected chi connectivity index (χ4v) is 1.99. The Labute approximate surface area is 78.1 Å². The van der Waals surface area contributed by atoms with Gasteiger partial charge in [-0.1, -0.05) is 6.42 Å². The molecule has 3 N–H and O–H groups in total. The number of hydrogen-bond donors (Lipinski definition) is 2. The van der Waals surface area contributed by atoms with Crippen molar-refractivity contribution in [2.24, 2.45) is 11.7 Å². The first-order valence-electron chi connectivity index (χ1n) is 4.82. The van der Waals surface area contributed by atoms with Crippen LogP contribution in [-0.4, -0.2) is 23.9 Å². The van der Waals surface area contributed by atoms with E-state index in [0.29, 0.717) is 12.5 Å². The van der Waals surface area contributed by atoms with Gasteiger partial charge in [-0.25, -0.2) is 4.79 Å². The van der Waals surface area contributed by atoms with Crippen LogP contribution in [0.3, 0.4) is 0 Å². The lowest BCUT2D eigenvalue weighted by Crippen LogP contribution is -2.26. The number of rotatable bonds is 3. The monoisotopic (exact) mass is 187 g/mol. The van der Waals surface area contributed by atoms with Crippen LogP contribution in [-0.2, 0) is 4.74 Å². The topological polar surface area (TPSA) is 72.5 Å². The van der Waals surface area contributed by atoms with Gasteiger partial charge in [0.2, 0.25) is 0 Å². The summed E-state index contributed by atoms with van der Waals surface area (Å²) in [5.41, 5.74) is 5.45. The molecule has 1 saturated carbocycles. The van der Waals surface area contributed by atoms with Crippen LogP contribution < -0.4 is 5.73 Å². The van der Waals surface area contributed by atoms with Gasteiger partial charge in [0.1, 0.15) is 6.10 Å². The molecule has 0 spiro atoms. The minimum Gasteiger partial charge on any atom is -0.450 e. The smallest absolute Gasteiger partial charge is 0.450 e. The molecule has 0 aromatic carbocycles. The first-order valence-corrected chi connectivity index (χ1v) is 4.82. The minimum atomic E-state index is -1.15. The maximum atomic E-state index is 10.3. The fraction of sp³-hybridized carbons (Fsp3) is 0.889. The van der Waals surface area contributed by atoms with Gasteiger partial charge in [-0.15, -0.1) is 0 Å². The molecule has 4 nitrogen and oxygen atoms in total. The maximum absolute atomic E-state index is 10.3. The highest BCUT2D eigenvalue weighted by Gasteiger charge is 2.23. The lowest BCUT2D eigenvalue weighted by atomic mass is 9.85. The van der Waals surface area contributed by atoms with E-state index in [4.69, 9.17) is 15.6 Å². The molecule has 1 fully saturated rings. The summed E-state index contributed by atoms with van der Waals surface area (Å²) in [7, 11) is 0. The Kier molecular flexibility index (Phi) is 4.02. The SMILES string of the molecule is NCC[C@@H]1CCC[C@@H](OC(=O)O)C1. The van der Waals surface area contributed by atoms with Gasteiger partial charge >= 0.3 is 6.16 Å². The summed E-state index contributed by atoms with van der Waals surface area (Å²) in [4.78, 5) is 10.3. The van der Waals surface area contributed by atoms with Crippen molar-refractivity contribution >= 4 is 6.16 Å². The van der Waals surface area contributed by atoms with Crippen molar-refractivity contribution in [3.8, 4) is 0 Å². The van der Waals surface area contributed by atoms with Gasteiger partial charge in [0, 0.05) is 0 Å². The summed E-state index contributed by atoms with van der Waals surface area (Å²) in [6, 6.07) is 0. The third-order valence-corrected chi connectivity index (χ3v) is 2.58. The zero-order chi connectivity index (χ0) is 9.68. The van der Waals surface area contributed by atoms with Crippen LogP contribution in [0.25, 0.3) is 0 Å². The molecule has 0 aromatic heterocycles. The van der Waals surface area contributed by atoms with Gasteiger partial charge in [-0.3, -0.25) is 0 Å². The molecule has 13 heavy (non-hydrogen) atoms. The molecule has 0 saturated heterocycles. The highest BCUT2D eigenvalue weighted by atomic mass is 16.7. The van der Waals surface area contributed by atoms with Crippen molar-refractivity contribution in [1.29, 1.82) is 0 Å². The van der Waals surface area contributed by atoms with Crippen LogP contribution in [0.2, 0.25) is 0 Å². The Bertz CT molecular complexity index is 170. The van der Waals surface area contributed by atoms with E-state index < -0.39 is 6.16 Å². The molecule has 1 rings (SSSR count). The van der Waals surface area contributed by atoms with E-state index in [1.54, 1.807) is 0 Å². The Balaban J connectivity index is 2.28. The van der Waals surface area contributed by atoms with Crippen LogP contribution in [0, 0.1) is 5.92 Å². The Morgan fingerprint density at radius 1 is 1.54 bits per heavy atom. The van der Waals surface area contributed by atoms with E-state index in [1.807, 2.05) is 0 Å². The van der Waals surface area contributed by atoms with Crippen molar-refractivity contribution in [1.82, 2.24) is 0 Å². The Hall–Kier alpha value is -0.770. The summed E-state index contributed by atoms with van der Waals surface area (Å²) in [5.74, 6) is 0.558. The molecule has 0 amide bonds. The molecule has 4 heteroatoms. The number of carboxylic acid groups (broad SMARTS) is 1. The number of nitrogens with two attached hydrogens (primary N) is 1. The van der Waals surface area contributed by atoms with Gasteiger partial charge in [-0.2, -0.15) is 0 Å². The van der Waals surface area contributed by atoms with Crippen molar-refractivity contribution in [2.75, 3.05) is 6.54 Å². The van der Waals surface area contributed by atoms with Crippen molar-refractivity contribution < 1.29 is 14.6 Å². The molecule has 0 aliphatic heterocycles. The van der Waals surface area contributed by atoms with E-state index in [0.717, 1.165) is 32.1 Å². The van der Waals surface area contributed by atoms with Crippen LogP contribution in [0.15, 0.2) is 0 Å². The average molecular weight is 187 g/mol. The predicted octanol–water partition coefficient (Wildman–Crippen LogP) is 1.59. The average Bonchev–Trinajstić information content (AvgIpc) is 2.04. The van der Waals surface area contributed by atoms with Crippen LogP contribution in [0.1, 0.15) is 32.1 Å². The molecule has 0 unspecified atom stereocenters. The van der Waals surface area contributed by atoms with E-state index in [2.05, 4.69) is 0 Å². The minimum absolute atomic E-state index is 0.0946. The van der Waals surface area contributed by atoms with Gasteiger partial charge in [0.25, 0.3) is 0 Å². The van der Waals surface area contributed by atoms with Gasteiger partial charge < -0.3 is 15.6 Å². The molecule has 0 bridgehead atoms. The highest BCUT2D eigenvalue weighted by molar-refractivity contribution is 5.57. The quantitative estimate of drug-likeness (QED) is 0.658. The normalized spacial score (nSPS) is 28.4. The second-order valence-electron chi connectivity index (χ2n) is 3.62. The first-order chi connectivity index (χ1) is 6.22. The van der Waals surface area contributed by atoms with Gasteiger partial charge in [-0.05, 0) is 38.1 Å². The molecule has 0 radical (unpaired) electrons. The van der Waals surface area contributed by atoms with Crippen LogP contribution in [0.5, 0.6) is 0 Å². The van der Waals surface area contributed by atoms with Gasteiger partial charge in [0.05, 0.1) is 0 Å². The summed E-state index contributed by atoms with van der Waals surface area (Å²) >= 11 is 0. The summed E-state index contributed by atoms with van der Waals surface area (Å²) in [5, 5.41) is 8.43. The molecule has 1 aliphatic rings. The lowest BCUT2D eigenvalue weighted by molar-refractivity contribution is 0.0241. The fourth-order valence-electron chi connectivity index (χ4n) is 1.99. The number of carbonyl (C=O) groups is 1. The molecular formula is C9H17NO3. The molecule has 1 aliphatic carbocycles. The van der Waals surface area contributed by atoms with Crippen molar-refractivity contribution in [3.05, 3.63) is 0 Å². The van der Waals surface area contributed by atoms with E-state index in [9.17, 15) is 4.79 Å². The third kappa shape index (κ3) is 3.63.